The zero-order chi connectivity index (χ0) is 18.1. The first-order valence-electron chi connectivity index (χ1n) is 8.99. The van der Waals surface area contributed by atoms with Crippen LogP contribution in [-0.2, 0) is 4.74 Å². The second kappa shape index (κ2) is 7.18. The van der Waals surface area contributed by atoms with Crippen molar-refractivity contribution in [2.75, 3.05) is 20.2 Å². The number of nitrogens with zero attached hydrogens (tertiary/aromatic N) is 1. The standard InChI is InChI=1S/C21H33NOSi/c1-9-23-19-12-18(14-22(5)20(13-19)24(6,7)8)21-16(3)10-15(2)11-17(21)4/h10-13,18H,9,14H2,1-8H3. The van der Waals surface area contributed by atoms with Gasteiger partial charge < -0.3 is 9.64 Å². The molecule has 3 heteroatoms. The third-order valence-corrected chi connectivity index (χ3v) is 6.78. The van der Waals surface area contributed by atoms with Gasteiger partial charge in [-0.25, -0.2) is 0 Å². The molecule has 1 aliphatic heterocycles. The highest BCUT2D eigenvalue weighted by Crippen LogP contribution is 2.33. The molecule has 0 fully saturated rings. The molecule has 0 saturated carbocycles. The molecule has 0 spiro atoms. The van der Waals surface area contributed by atoms with E-state index in [0.717, 1.165) is 12.3 Å². The molecule has 1 aliphatic rings. The molecule has 0 bridgehead atoms. The van der Waals surface area contributed by atoms with Gasteiger partial charge in [0.25, 0.3) is 0 Å². The van der Waals surface area contributed by atoms with E-state index in [-0.39, 0.29) is 0 Å². The van der Waals surface area contributed by atoms with Crippen molar-refractivity contribution in [2.45, 2.75) is 53.3 Å². The quantitative estimate of drug-likeness (QED) is 0.686. The van der Waals surface area contributed by atoms with Crippen LogP contribution in [0.15, 0.2) is 35.4 Å². The Labute approximate surface area is 149 Å². The fraction of sp³-hybridized carbons (Fsp3) is 0.524. The zero-order valence-corrected chi connectivity index (χ0v) is 17.7. The molecule has 2 rings (SSSR count). The summed E-state index contributed by atoms with van der Waals surface area (Å²) >= 11 is 0. The average molecular weight is 344 g/mol. The summed E-state index contributed by atoms with van der Waals surface area (Å²) < 4.78 is 5.97. The van der Waals surface area contributed by atoms with Crippen molar-refractivity contribution in [3.8, 4) is 0 Å². The van der Waals surface area contributed by atoms with Crippen LogP contribution in [0, 0.1) is 20.8 Å². The fourth-order valence-electron chi connectivity index (χ4n) is 3.93. The molecule has 0 aromatic heterocycles. The van der Waals surface area contributed by atoms with Crippen molar-refractivity contribution in [3.63, 3.8) is 0 Å². The van der Waals surface area contributed by atoms with E-state index in [1.165, 1.54) is 27.6 Å². The summed E-state index contributed by atoms with van der Waals surface area (Å²) in [6, 6.07) is 4.60. The Kier molecular flexibility index (Phi) is 5.64. The van der Waals surface area contributed by atoms with E-state index in [4.69, 9.17) is 4.74 Å². The maximum atomic E-state index is 5.97. The molecule has 1 heterocycles. The predicted molar refractivity (Wildman–Crippen MR) is 107 cm³/mol. The molecular formula is C21H33NOSi. The molecule has 132 valence electrons. The van der Waals surface area contributed by atoms with Gasteiger partial charge in [0.15, 0.2) is 0 Å². The Balaban J connectivity index is 2.50. The van der Waals surface area contributed by atoms with Gasteiger partial charge in [0.1, 0.15) is 5.76 Å². The van der Waals surface area contributed by atoms with Crippen molar-refractivity contribution in [3.05, 3.63) is 57.6 Å². The van der Waals surface area contributed by atoms with Gasteiger partial charge in [0, 0.05) is 19.5 Å². The molecule has 0 saturated heterocycles. The molecule has 0 aliphatic carbocycles. The van der Waals surface area contributed by atoms with Gasteiger partial charge in [-0.1, -0.05) is 37.3 Å². The number of ether oxygens (including phenoxy) is 1. The smallest absolute Gasteiger partial charge is 0.117 e. The first-order chi connectivity index (χ1) is 11.1. The molecule has 1 unspecified atom stereocenters. The van der Waals surface area contributed by atoms with E-state index in [1.807, 2.05) is 0 Å². The van der Waals surface area contributed by atoms with Gasteiger partial charge in [-0.2, -0.15) is 0 Å². The summed E-state index contributed by atoms with van der Waals surface area (Å²) in [5, 5.41) is 1.46. The molecule has 0 radical (unpaired) electrons. The van der Waals surface area contributed by atoms with E-state index in [0.29, 0.717) is 12.5 Å². The predicted octanol–water partition coefficient (Wildman–Crippen LogP) is 5.32. The Morgan fingerprint density at radius 3 is 2.21 bits per heavy atom. The summed E-state index contributed by atoms with van der Waals surface area (Å²) in [5.41, 5.74) is 5.56. The number of hydrogen-bond acceptors (Lipinski definition) is 2. The van der Waals surface area contributed by atoms with Gasteiger partial charge in [0.05, 0.1) is 14.7 Å². The Bertz CT molecular complexity index is 644. The molecule has 0 N–H and O–H groups in total. The summed E-state index contributed by atoms with van der Waals surface area (Å²) in [5.74, 6) is 1.39. The van der Waals surface area contributed by atoms with Crippen LogP contribution in [0.25, 0.3) is 0 Å². The van der Waals surface area contributed by atoms with Gasteiger partial charge >= 0.3 is 0 Å². The van der Waals surface area contributed by atoms with Crippen molar-refractivity contribution < 1.29 is 4.74 Å². The lowest BCUT2D eigenvalue weighted by Gasteiger charge is -2.32. The highest BCUT2D eigenvalue weighted by Gasteiger charge is 2.28. The Morgan fingerprint density at radius 2 is 1.71 bits per heavy atom. The topological polar surface area (TPSA) is 12.5 Å². The van der Waals surface area contributed by atoms with E-state index in [1.54, 1.807) is 0 Å². The Morgan fingerprint density at radius 1 is 1.12 bits per heavy atom. The lowest BCUT2D eigenvalue weighted by Crippen LogP contribution is -2.36. The number of aryl methyl sites for hydroxylation is 3. The van der Waals surface area contributed by atoms with E-state index >= 15 is 0 Å². The van der Waals surface area contributed by atoms with Crippen LogP contribution in [-0.4, -0.2) is 33.2 Å². The monoisotopic (exact) mass is 343 g/mol. The van der Waals surface area contributed by atoms with E-state index in [9.17, 15) is 0 Å². The molecular weight excluding hydrogens is 310 g/mol. The van der Waals surface area contributed by atoms with Crippen LogP contribution in [0.2, 0.25) is 19.6 Å². The highest BCUT2D eigenvalue weighted by molar-refractivity contribution is 6.82. The van der Waals surface area contributed by atoms with Crippen LogP contribution in [0.4, 0.5) is 0 Å². The number of rotatable bonds is 4. The average Bonchev–Trinajstić information content (AvgIpc) is 2.57. The fourth-order valence-corrected chi connectivity index (χ4v) is 5.75. The summed E-state index contributed by atoms with van der Waals surface area (Å²) in [6.07, 6.45) is 4.62. The van der Waals surface area contributed by atoms with Crippen molar-refractivity contribution in [1.82, 2.24) is 4.90 Å². The largest absolute Gasteiger partial charge is 0.494 e. The summed E-state index contributed by atoms with van der Waals surface area (Å²) in [4.78, 5) is 2.46. The number of benzene rings is 1. The maximum Gasteiger partial charge on any atom is 0.117 e. The second-order valence-electron chi connectivity index (χ2n) is 8.08. The lowest BCUT2D eigenvalue weighted by molar-refractivity contribution is 0.241. The molecule has 0 amide bonds. The molecule has 24 heavy (non-hydrogen) atoms. The summed E-state index contributed by atoms with van der Waals surface area (Å²) in [6.45, 7) is 17.7. The molecule has 1 aromatic rings. The van der Waals surface area contributed by atoms with Gasteiger partial charge in [-0.3, -0.25) is 0 Å². The van der Waals surface area contributed by atoms with Gasteiger partial charge in [-0.05, 0) is 61.9 Å². The molecule has 2 nitrogen and oxygen atoms in total. The number of likely N-dealkylation sites (N-methyl/N-ethyl adjacent to an activating group) is 1. The van der Waals surface area contributed by atoms with Crippen LogP contribution in [0.1, 0.15) is 35.1 Å². The van der Waals surface area contributed by atoms with Crippen molar-refractivity contribution >= 4 is 8.07 Å². The number of hydrogen-bond donors (Lipinski definition) is 0. The summed E-state index contributed by atoms with van der Waals surface area (Å²) in [7, 11) is 0.812. The minimum atomic E-state index is -1.42. The van der Waals surface area contributed by atoms with Crippen LogP contribution >= 0.6 is 0 Å². The number of allylic oxidation sites excluding steroid dienone is 1. The second-order valence-corrected chi connectivity index (χ2v) is 13.1. The first-order valence-corrected chi connectivity index (χ1v) is 12.5. The van der Waals surface area contributed by atoms with E-state index < -0.39 is 8.07 Å². The third-order valence-electron chi connectivity index (χ3n) is 4.71. The minimum Gasteiger partial charge on any atom is -0.494 e. The van der Waals surface area contributed by atoms with Crippen LogP contribution in [0.3, 0.4) is 0 Å². The van der Waals surface area contributed by atoms with E-state index in [2.05, 4.69) is 83.6 Å². The SMILES string of the molecule is CCOC1=CC(c2c(C)cc(C)cc2C)CN(C)C([Si](C)(C)C)=C1. The van der Waals surface area contributed by atoms with Crippen LogP contribution < -0.4 is 0 Å². The first kappa shape index (κ1) is 18.8. The Hall–Kier alpha value is -1.48. The molecule has 1 atom stereocenters. The normalized spacial score (nSPS) is 18.8. The third kappa shape index (κ3) is 4.13. The van der Waals surface area contributed by atoms with Gasteiger partial charge in [-0.15, -0.1) is 0 Å². The van der Waals surface area contributed by atoms with Crippen LogP contribution in [0.5, 0.6) is 0 Å². The minimum absolute atomic E-state index is 0.363. The zero-order valence-electron chi connectivity index (χ0n) is 16.7. The maximum absolute atomic E-state index is 5.97. The molecule has 1 aromatic carbocycles. The van der Waals surface area contributed by atoms with Crippen molar-refractivity contribution in [1.29, 1.82) is 0 Å². The highest BCUT2D eigenvalue weighted by atomic mass is 28.3. The van der Waals surface area contributed by atoms with Gasteiger partial charge in [0.2, 0.25) is 0 Å². The lowest BCUT2D eigenvalue weighted by atomic mass is 9.88. The van der Waals surface area contributed by atoms with Crippen molar-refractivity contribution in [2.24, 2.45) is 0 Å².